The maximum absolute atomic E-state index is 12.1. The second kappa shape index (κ2) is 9.76. The van der Waals surface area contributed by atoms with E-state index in [4.69, 9.17) is 9.47 Å². The topological polar surface area (TPSA) is 64.6 Å². The van der Waals surface area contributed by atoms with Gasteiger partial charge in [0.05, 0.1) is 12.2 Å². The number of hydrogen-bond acceptors (Lipinski definition) is 4. The van der Waals surface area contributed by atoms with Crippen LogP contribution in [0.4, 0.5) is 5.69 Å². The van der Waals surface area contributed by atoms with Crippen molar-refractivity contribution in [2.24, 2.45) is 0 Å². The average Bonchev–Trinajstić information content (AvgIpc) is 2.64. The van der Waals surface area contributed by atoms with Gasteiger partial charge in [-0.25, -0.2) is 4.79 Å². The van der Waals surface area contributed by atoms with E-state index in [1.165, 1.54) is 5.56 Å². The van der Waals surface area contributed by atoms with E-state index in [0.717, 1.165) is 12.0 Å². The third-order valence-electron chi connectivity index (χ3n) is 4.07. The number of aryl methyl sites for hydroxylation is 1. The molecule has 0 aliphatic carbocycles. The van der Waals surface area contributed by atoms with E-state index < -0.39 is 0 Å². The van der Waals surface area contributed by atoms with Crippen molar-refractivity contribution in [3.8, 4) is 5.75 Å². The molecule has 0 spiro atoms. The zero-order valence-corrected chi connectivity index (χ0v) is 16.4. The first kappa shape index (κ1) is 20.5. The summed E-state index contributed by atoms with van der Waals surface area (Å²) in [6.45, 7) is 8.58. The van der Waals surface area contributed by atoms with Gasteiger partial charge in [-0.3, -0.25) is 4.79 Å². The highest BCUT2D eigenvalue weighted by atomic mass is 16.5. The van der Waals surface area contributed by atoms with Gasteiger partial charge in [0, 0.05) is 5.69 Å². The summed E-state index contributed by atoms with van der Waals surface area (Å²) in [7, 11) is 0. The summed E-state index contributed by atoms with van der Waals surface area (Å²) in [5.41, 5.74) is 3.47. The Kier molecular flexibility index (Phi) is 7.41. The molecule has 2 rings (SSSR count). The SMILES string of the molecule is CCCOC(=O)c1ccc(NC(=O)COc2ccc(C(C)C)c(C)c2)cc1. The Morgan fingerprint density at radius 2 is 1.78 bits per heavy atom. The number of anilines is 1. The van der Waals surface area contributed by atoms with Crippen LogP contribution in [0, 0.1) is 6.92 Å². The lowest BCUT2D eigenvalue weighted by atomic mass is 9.98. The van der Waals surface area contributed by atoms with Crippen molar-refractivity contribution in [2.45, 2.75) is 40.0 Å². The highest BCUT2D eigenvalue weighted by molar-refractivity contribution is 5.93. The van der Waals surface area contributed by atoms with Crippen LogP contribution in [0.15, 0.2) is 42.5 Å². The van der Waals surface area contributed by atoms with Crippen LogP contribution in [-0.2, 0) is 9.53 Å². The van der Waals surface area contributed by atoms with E-state index in [9.17, 15) is 9.59 Å². The van der Waals surface area contributed by atoms with Gasteiger partial charge in [0.1, 0.15) is 5.75 Å². The first-order valence-electron chi connectivity index (χ1n) is 9.21. The number of amides is 1. The Bertz CT molecular complexity index is 781. The van der Waals surface area contributed by atoms with E-state index in [0.29, 0.717) is 29.5 Å². The predicted octanol–water partition coefficient (Wildman–Crippen LogP) is 4.70. The summed E-state index contributed by atoms with van der Waals surface area (Å²) < 4.78 is 10.6. The molecule has 0 unspecified atom stereocenters. The molecule has 144 valence electrons. The molecule has 0 radical (unpaired) electrons. The molecule has 0 atom stereocenters. The zero-order chi connectivity index (χ0) is 19.8. The maximum Gasteiger partial charge on any atom is 0.338 e. The Morgan fingerprint density at radius 3 is 2.37 bits per heavy atom. The molecule has 0 aromatic heterocycles. The second-order valence-electron chi connectivity index (χ2n) is 6.72. The van der Waals surface area contributed by atoms with Gasteiger partial charge in [-0.15, -0.1) is 0 Å². The number of ether oxygens (including phenoxy) is 2. The van der Waals surface area contributed by atoms with E-state index in [2.05, 4.69) is 19.2 Å². The van der Waals surface area contributed by atoms with Crippen LogP contribution in [0.1, 0.15) is 54.6 Å². The van der Waals surface area contributed by atoms with Crippen molar-refractivity contribution in [2.75, 3.05) is 18.5 Å². The fraction of sp³-hybridized carbons (Fsp3) is 0.364. The Hall–Kier alpha value is -2.82. The molecule has 0 fully saturated rings. The molecule has 0 aliphatic heterocycles. The van der Waals surface area contributed by atoms with Crippen molar-refractivity contribution >= 4 is 17.6 Å². The van der Waals surface area contributed by atoms with Crippen molar-refractivity contribution in [1.29, 1.82) is 0 Å². The van der Waals surface area contributed by atoms with Gasteiger partial charge in [0.2, 0.25) is 0 Å². The van der Waals surface area contributed by atoms with Crippen LogP contribution in [0.2, 0.25) is 0 Å². The summed E-state index contributed by atoms with van der Waals surface area (Å²) >= 11 is 0. The molecule has 0 saturated heterocycles. The molecule has 2 aromatic carbocycles. The molecule has 0 heterocycles. The molecule has 0 aliphatic rings. The van der Waals surface area contributed by atoms with Crippen molar-refractivity contribution in [3.05, 3.63) is 59.2 Å². The van der Waals surface area contributed by atoms with Gasteiger partial charge in [-0.2, -0.15) is 0 Å². The summed E-state index contributed by atoms with van der Waals surface area (Å²) in [6.07, 6.45) is 0.777. The van der Waals surface area contributed by atoms with Crippen LogP contribution in [-0.4, -0.2) is 25.1 Å². The number of nitrogens with one attached hydrogen (secondary N) is 1. The fourth-order valence-electron chi connectivity index (χ4n) is 2.70. The quantitative estimate of drug-likeness (QED) is 0.685. The van der Waals surface area contributed by atoms with Gasteiger partial charge in [-0.05, 0) is 66.8 Å². The minimum atomic E-state index is -0.363. The number of carbonyl (C=O) groups is 2. The third kappa shape index (κ3) is 6.13. The van der Waals surface area contributed by atoms with Gasteiger partial charge in [-0.1, -0.05) is 26.8 Å². The van der Waals surface area contributed by atoms with Gasteiger partial charge < -0.3 is 14.8 Å². The number of hydrogen-bond donors (Lipinski definition) is 1. The van der Waals surface area contributed by atoms with Crippen LogP contribution < -0.4 is 10.1 Å². The lowest BCUT2D eigenvalue weighted by molar-refractivity contribution is -0.118. The normalized spacial score (nSPS) is 10.6. The second-order valence-corrected chi connectivity index (χ2v) is 6.72. The summed E-state index contributed by atoms with van der Waals surface area (Å²) in [5.74, 6) is 0.491. The molecule has 27 heavy (non-hydrogen) atoms. The van der Waals surface area contributed by atoms with Gasteiger partial charge in [0.15, 0.2) is 6.61 Å². The molecule has 0 bridgehead atoms. The van der Waals surface area contributed by atoms with Crippen LogP contribution in [0.25, 0.3) is 0 Å². The lowest BCUT2D eigenvalue weighted by Crippen LogP contribution is -2.20. The monoisotopic (exact) mass is 369 g/mol. The van der Waals surface area contributed by atoms with Crippen LogP contribution in [0.5, 0.6) is 5.75 Å². The lowest BCUT2D eigenvalue weighted by Gasteiger charge is -2.12. The van der Waals surface area contributed by atoms with Gasteiger partial charge >= 0.3 is 5.97 Å². The van der Waals surface area contributed by atoms with E-state index in [1.54, 1.807) is 24.3 Å². The van der Waals surface area contributed by atoms with E-state index in [1.807, 2.05) is 32.0 Å². The highest BCUT2D eigenvalue weighted by Crippen LogP contribution is 2.23. The molecule has 0 saturated carbocycles. The van der Waals surface area contributed by atoms with Crippen molar-refractivity contribution in [3.63, 3.8) is 0 Å². The Labute approximate surface area is 160 Å². The Morgan fingerprint density at radius 1 is 1.07 bits per heavy atom. The number of rotatable bonds is 8. The molecular formula is C22H27NO4. The molecule has 5 heteroatoms. The van der Waals surface area contributed by atoms with E-state index in [-0.39, 0.29) is 18.5 Å². The molecule has 1 amide bonds. The smallest absolute Gasteiger partial charge is 0.338 e. The van der Waals surface area contributed by atoms with Gasteiger partial charge in [0.25, 0.3) is 5.91 Å². The Balaban J connectivity index is 1.87. The van der Waals surface area contributed by atoms with Crippen LogP contribution >= 0.6 is 0 Å². The van der Waals surface area contributed by atoms with Crippen LogP contribution in [0.3, 0.4) is 0 Å². The van der Waals surface area contributed by atoms with E-state index >= 15 is 0 Å². The summed E-state index contributed by atoms with van der Waals surface area (Å²) in [5, 5.41) is 2.75. The largest absolute Gasteiger partial charge is 0.484 e. The predicted molar refractivity (Wildman–Crippen MR) is 106 cm³/mol. The molecular weight excluding hydrogens is 342 g/mol. The highest BCUT2D eigenvalue weighted by Gasteiger charge is 2.09. The third-order valence-corrected chi connectivity index (χ3v) is 4.07. The maximum atomic E-state index is 12.1. The molecule has 1 N–H and O–H groups in total. The average molecular weight is 369 g/mol. The summed E-state index contributed by atoms with van der Waals surface area (Å²) in [4.78, 5) is 23.8. The first-order chi connectivity index (χ1) is 12.9. The first-order valence-corrected chi connectivity index (χ1v) is 9.21. The fourth-order valence-corrected chi connectivity index (χ4v) is 2.70. The van der Waals surface area contributed by atoms with Crippen molar-refractivity contribution in [1.82, 2.24) is 0 Å². The van der Waals surface area contributed by atoms with Crippen molar-refractivity contribution < 1.29 is 19.1 Å². The summed E-state index contributed by atoms with van der Waals surface area (Å²) in [6, 6.07) is 12.4. The minimum Gasteiger partial charge on any atom is -0.484 e. The number of benzene rings is 2. The number of esters is 1. The molecule has 2 aromatic rings. The standard InChI is InChI=1S/C22H27NO4/c1-5-12-26-22(25)17-6-8-18(9-7-17)23-21(24)14-27-19-10-11-20(15(2)3)16(4)13-19/h6-11,13,15H,5,12,14H2,1-4H3,(H,23,24). The zero-order valence-electron chi connectivity index (χ0n) is 16.4. The minimum absolute atomic E-state index is 0.0826. The number of carbonyl (C=O) groups excluding carboxylic acids is 2. The molecule has 5 nitrogen and oxygen atoms in total.